The Kier molecular flexibility index (Phi) is 5.16. The summed E-state index contributed by atoms with van der Waals surface area (Å²) in [5.41, 5.74) is 1.10. The molecule has 0 spiro atoms. The first kappa shape index (κ1) is 15.3. The van der Waals surface area contributed by atoms with Crippen LogP contribution < -0.4 is 11.1 Å². The summed E-state index contributed by atoms with van der Waals surface area (Å²) < 4.78 is 6.39. The summed E-state index contributed by atoms with van der Waals surface area (Å²) in [7, 11) is 0. The third-order valence-electron chi connectivity index (χ3n) is 3.38. The molecule has 1 atom stereocenters. The third-order valence-corrected chi connectivity index (χ3v) is 3.38. The van der Waals surface area contributed by atoms with Crippen LogP contribution in [0.1, 0.15) is 19.8 Å². The lowest BCUT2D eigenvalue weighted by Crippen LogP contribution is -2.31. The number of benzene rings is 1. The van der Waals surface area contributed by atoms with Gasteiger partial charge in [0.1, 0.15) is 6.54 Å². The number of carbonyl (C=O) groups is 1. The Hall–Kier alpha value is -2.08. The molecule has 0 bridgehead atoms. The summed E-state index contributed by atoms with van der Waals surface area (Å²) in [6, 6.07) is 7.01. The van der Waals surface area contributed by atoms with Gasteiger partial charge in [0, 0.05) is 13.2 Å². The molecule has 2 rings (SSSR count). The number of nitrogens with one attached hydrogen (secondary N) is 1. The maximum absolute atomic E-state index is 11.9. The number of aromatic nitrogens is 1. The average molecular weight is 292 g/mol. The molecule has 2 aromatic rings. The molecule has 1 aromatic heterocycles. The Labute approximate surface area is 122 Å². The van der Waals surface area contributed by atoms with Gasteiger partial charge in [0.15, 0.2) is 5.58 Å². The van der Waals surface area contributed by atoms with E-state index < -0.39 is 5.76 Å². The van der Waals surface area contributed by atoms with Crippen molar-refractivity contribution >= 4 is 17.0 Å². The molecular weight excluding hydrogens is 272 g/mol. The standard InChI is InChI=1S/C15H20N2O4/c1-11(10-18)5-4-8-16-14(19)9-17-12-6-2-3-7-13(12)21-15(17)20/h2-3,6-7,11,18H,4-5,8-10H2,1H3,(H,16,19). The Morgan fingerprint density at radius 3 is 2.95 bits per heavy atom. The first-order valence-corrected chi connectivity index (χ1v) is 7.07. The van der Waals surface area contributed by atoms with Gasteiger partial charge >= 0.3 is 5.76 Å². The van der Waals surface area contributed by atoms with Gasteiger partial charge in [0.25, 0.3) is 0 Å². The van der Waals surface area contributed by atoms with E-state index in [1.807, 2.05) is 6.92 Å². The predicted molar refractivity (Wildman–Crippen MR) is 79.0 cm³/mol. The van der Waals surface area contributed by atoms with Crippen molar-refractivity contribution in [2.45, 2.75) is 26.3 Å². The van der Waals surface area contributed by atoms with Crippen molar-refractivity contribution in [3.8, 4) is 0 Å². The molecule has 1 unspecified atom stereocenters. The summed E-state index contributed by atoms with van der Waals surface area (Å²) in [4.78, 5) is 23.6. The fourth-order valence-corrected chi connectivity index (χ4v) is 2.13. The molecule has 0 aliphatic carbocycles. The lowest BCUT2D eigenvalue weighted by molar-refractivity contribution is -0.121. The molecule has 114 valence electrons. The first-order valence-electron chi connectivity index (χ1n) is 7.07. The van der Waals surface area contributed by atoms with Crippen LogP contribution in [0.25, 0.3) is 11.1 Å². The molecule has 0 saturated carbocycles. The summed E-state index contributed by atoms with van der Waals surface area (Å²) >= 11 is 0. The number of aliphatic hydroxyl groups excluding tert-OH is 1. The van der Waals surface area contributed by atoms with Gasteiger partial charge in [0.05, 0.1) is 5.52 Å². The largest absolute Gasteiger partial charge is 0.420 e. The second kappa shape index (κ2) is 7.08. The highest BCUT2D eigenvalue weighted by molar-refractivity contribution is 5.79. The maximum Gasteiger partial charge on any atom is 0.420 e. The van der Waals surface area contributed by atoms with Crippen molar-refractivity contribution in [1.29, 1.82) is 0 Å². The van der Waals surface area contributed by atoms with Crippen molar-refractivity contribution in [3.05, 3.63) is 34.8 Å². The van der Waals surface area contributed by atoms with Crippen LogP contribution in [0.4, 0.5) is 0 Å². The first-order chi connectivity index (χ1) is 10.1. The summed E-state index contributed by atoms with van der Waals surface area (Å²) in [6.07, 6.45) is 1.65. The van der Waals surface area contributed by atoms with Gasteiger partial charge in [-0.3, -0.25) is 9.36 Å². The zero-order chi connectivity index (χ0) is 15.2. The fourth-order valence-electron chi connectivity index (χ4n) is 2.13. The number of nitrogens with zero attached hydrogens (tertiary/aromatic N) is 1. The minimum atomic E-state index is -0.528. The van der Waals surface area contributed by atoms with Crippen LogP contribution in [0.5, 0.6) is 0 Å². The molecular formula is C15H20N2O4. The second-order valence-corrected chi connectivity index (χ2v) is 5.20. The number of carbonyl (C=O) groups excluding carboxylic acids is 1. The molecule has 21 heavy (non-hydrogen) atoms. The zero-order valence-electron chi connectivity index (χ0n) is 12.0. The van der Waals surface area contributed by atoms with Gasteiger partial charge < -0.3 is 14.8 Å². The van der Waals surface area contributed by atoms with E-state index in [2.05, 4.69) is 5.32 Å². The number of fused-ring (bicyclic) bond motifs is 1. The van der Waals surface area contributed by atoms with E-state index in [4.69, 9.17) is 9.52 Å². The number of rotatable bonds is 7. The average Bonchev–Trinajstić information content (AvgIpc) is 2.79. The van der Waals surface area contributed by atoms with E-state index in [1.54, 1.807) is 24.3 Å². The van der Waals surface area contributed by atoms with Gasteiger partial charge in [-0.25, -0.2) is 4.79 Å². The Bertz CT molecular complexity index is 659. The minimum Gasteiger partial charge on any atom is -0.408 e. The molecule has 1 aromatic carbocycles. The van der Waals surface area contributed by atoms with Crippen LogP contribution in [-0.4, -0.2) is 28.7 Å². The molecule has 6 heteroatoms. The van der Waals surface area contributed by atoms with E-state index in [0.29, 0.717) is 17.6 Å². The van der Waals surface area contributed by atoms with Crippen LogP contribution >= 0.6 is 0 Å². The van der Waals surface area contributed by atoms with Gasteiger partial charge in [-0.1, -0.05) is 19.1 Å². The van der Waals surface area contributed by atoms with Crippen molar-refractivity contribution in [1.82, 2.24) is 9.88 Å². The highest BCUT2D eigenvalue weighted by atomic mass is 16.4. The summed E-state index contributed by atoms with van der Waals surface area (Å²) in [5.74, 6) is -0.511. The normalized spacial score (nSPS) is 12.5. The molecule has 0 fully saturated rings. The quantitative estimate of drug-likeness (QED) is 0.749. The zero-order valence-corrected chi connectivity index (χ0v) is 12.0. The Morgan fingerprint density at radius 2 is 2.19 bits per heavy atom. The highest BCUT2D eigenvalue weighted by Gasteiger charge is 2.11. The van der Waals surface area contributed by atoms with Gasteiger partial charge in [-0.05, 0) is 30.9 Å². The van der Waals surface area contributed by atoms with Crippen LogP contribution in [0.2, 0.25) is 0 Å². The smallest absolute Gasteiger partial charge is 0.408 e. The number of hydrogen-bond donors (Lipinski definition) is 2. The van der Waals surface area contributed by atoms with E-state index in [0.717, 1.165) is 12.8 Å². The number of amides is 1. The topological polar surface area (TPSA) is 84.5 Å². The molecule has 1 heterocycles. The predicted octanol–water partition coefficient (Wildman–Crippen LogP) is 1.12. The van der Waals surface area contributed by atoms with Gasteiger partial charge in [-0.2, -0.15) is 0 Å². The van der Waals surface area contributed by atoms with E-state index in [-0.39, 0.29) is 25.0 Å². The van der Waals surface area contributed by atoms with Crippen molar-refractivity contribution in [2.24, 2.45) is 5.92 Å². The number of oxazole rings is 1. The molecule has 0 radical (unpaired) electrons. The fraction of sp³-hybridized carbons (Fsp3) is 0.467. The van der Waals surface area contributed by atoms with E-state index in [9.17, 15) is 9.59 Å². The molecule has 0 aliphatic heterocycles. The lowest BCUT2D eigenvalue weighted by Gasteiger charge is -2.08. The van der Waals surface area contributed by atoms with Crippen LogP contribution in [0.3, 0.4) is 0 Å². The number of para-hydroxylation sites is 2. The Morgan fingerprint density at radius 1 is 1.43 bits per heavy atom. The summed E-state index contributed by atoms with van der Waals surface area (Å²) in [5, 5.41) is 11.7. The summed E-state index contributed by atoms with van der Waals surface area (Å²) in [6.45, 7) is 2.60. The van der Waals surface area contributed by atoms with Crippen LogP contribution in [-0.2, 0) is 11.3 Å². The van der Waals surface area contributed by atoms with Gasteiger partial charge in [0.2, 0.25) is 5.91 Å². The Balaban J connectivity index is 1.90. The highest BCUT2D eigenvalue weighted by Crippen LogP contribution is 2.11. The van der Waals surface area contributed by atoms with Crippen molar-refractivity contribution < 1.29 is 14.3 Å². The van der Waals surface area contributed by atoms with Crippen LogP contribution in [0.15, 0.2) is 33.5 Å². The monoisotopic (exact) mass is 292 g/mol. The molecule has 2 N–H and O–H groups in total. The molecule has 0 saturated heterocycles. The molecule has 6 nitrogen and oxygen atoms in total. The van der Waals surface area contributed by atoms with E-state index in [1.165, 1.54) is 4.57 Å². The minimum absolute atomic E-state index is 0.0502. The van der Waals surface area contributed by atoms with Crippen molar-refractivity contribution in [2.75, 3.05) is 13.2 Å². The van der Waals surface area contributed by atoms with Crippen molar-refractivity contribution in [3.63, 3.8) is 0 Å². The third kappa shape index (κ3) is 3.95. The second-order valence-electron chi connectivity index (χ2n) is 5.20. The lowest BCUT2D eigenvalue weighted by atomic mass is 10.1. The number of aliphatic hydroxyl groups is 1. The van der Waals surface area contributed by atoms with Crippen LogP contribution in [0, 0.1) is 5.92 Å². The SMILES string of the molecule is CC(CO)CCCNC(=O)Cn1c(=O)oc2ccccc21. The maximum atomic E-state index is 11.9. The van der Waals surface area contributed by atoms with E-state index >= 15 is 0 Å². The van der Waals surface area contributed by atoms with Gasteiger partial charge in [-0.15, -0.1) is 0 Å². The molecule has 1 amide bonds. The molecule has 0 aliphatic rings. The number of hydrogen-bond acceptors (Lipinski definition) is 4.